The van der Waals surface area contributed by atoms with E-state index in [-0.39, 0.29) is 5.82 Å². The molecule has 0 aliphatic heterocycles. The lowest BCUT2D eigenvalue weighted by Crippen LogP contribution is -2.14. The smallest absolute Gasteiger partial charge is 0.128 e. The van der Waals surface area contributed by atoms with E-state index in [9.17, 15) is 4.39 Å². The molecule has 0 saturated carbocycles. The van der Waals surface area contributed by atoms with Crippen LogP contribution in [0.25, 0.3) is 0 Å². The van der Waals surface area contributed by atoms with Gasteiger partial charge in [0.25, 0.3) is 0 Å². The first-order chi connectivity index (χ1) is 8.08. The number of pyridine rings is 1. The van der Waals surface area contributed by atoms with E-state index in [0.29, 0.717) is 5.56 Å². The van der Waals surface area contributed by atoms with E-state index in [2.05, 4.69) is 20.9 Å². The van der Waals surface area contributed by atoms with Gasteiger partial charge in [-0.05, 0) is 36.2 Å². The van der Waals surface area contributed by atoms with Crippen LogP contribution in [0, 0.1) is 12.7 Å². The molecule has 2 N–H and O–H groups in total. The fraction of sp³-hybridized carbons (Fsp3) is 0.154. The van der Waals surface area contributed by atoms with Crippen molar-refractivity contribution in [3.63, 3.8) is 0 Å². The average Bonchev–Trinajstić information content (AvgIpc) is 2.31. The molecule has 2 rings (SSSR count). The average molecular weight is 295 g/mol. The van der Waals surface area contributed by atoms with Crippen molar-refractivity contribution < 1.29 is 4.39 Å². The molecule has 0 radical (unpaired) electrons. The minimum Gasteiger partial charge on any atom is -0.320 e. The van der Waals surface area contributed by atoms with Crippen LogP contribution in [-0.4, -0.2) is 4.98 Å². The van der Waals surface area contributed by atoms with E-state index in [1.54, 1.807) is 24.5 Å². The second-order valence-electron chi connectivity index (χ2n) is 3.94. The number of benzene rings is 1. The van der Waals surface area contributed by atoms with Gasteiger partial charge in [-0.2, -0.15) is 0 Å². The van der Waals surface area contributed by atoms with Crippen LogP contribution in [0.3, 0.4) is 0 Å². The highest BCUT2D eigenvalue weighted by atomic mass is 79.9. The van der Waals surface area contributed by atoms with Gasteiger partial charge in [0.2, 0.25) is 0 Å². The molecule has 0 aliphatic rings. The van der Waals surface area contributed by atoms with Crippen LogP contribution in [0.15, 0.2) is 41.1 Å². The van der Waals surface area contributed by atoms with E-state index >= 15 is 0 Å². The molecule has 1 aromatic heterocycles. The number of rotatable bonds is 2. The summed E-state index contributed by atoms with van der Waals surface area (Å²) in [7, 11) is 0. The van der Waals surface area contributed by atoms with Gasteiger partial charge in [-0.15, -0.1) is 0 Å². The summed E-state index contributed by atoms with van der Waals surface area (Å²) in [5.41, 5.74) is 8.33. The Balaban J connectivity index is 2.43. The number of nitrogens with zero attached hydrogens (tertiary/aromatic N) is 1. The topological polar surface area (TPSA) is 38.9 Å². The van der Waals surface area contributed by atoms with E-state index < -0.39 is 6.04 Å². The molecular formula is C13H12BrFN2. The van der Waals surface area contributed by atoms with Crippen molar-refractivity contribution in [2.75, 3.05) is 0 Å². The normalized spacial score (nSPS) is 12.5. The van der Waals surface area contributed by atoms with Crippen LogP contribution in [0.2, 0.25) is 0 Å². The molecule has 0 amide bonds. The fourth-order valence-electron chi connectivity index (χ4n) is 1.68. The molecule has 1 atom stereocenters. The molecule has 0 fully saturated rings. The molecule has 0 saturated heterocycles. The molecule has 88 valence electrons. The van der Waals surface area contributed by atoms with E-state index in [4.69, 9.17) is 5.73 Å². The summed E-state index contributed by atoms with van der Waals surface area (Å²) in [5, 5.41) is 0. The number of halogens is 2. The van der Waals surface area contributed by atoms with E-state index in [1.165, 1.54) is 6.07 Å². The molecule has 0 bridgehead atoms. The Morgan fingerprint density at radius 2 is 2.06 bits per heavy atom. The third-order valence-corrected chi connectivity index (χ3v) is 3.04. The Morgan fingerprint density at radius 1 is 1.29 bits per heavy atom. The highest BCUT2D eigenvalue weighted by Gasteiger charge is 2.14. The molecule has 1 heterocycles. The Morgan fingerprint density at radius 3 is 2.76 bits per heavy atom. The summed E-state index contributed by atoms with van der Waals surface area (Å²) in [4.78, 5) is 4.07. The third-order valence-electron chi connectivity index (χ3n) is 2.55. The molecule has 0 spiro atoms. The van der Waals surface area contributed by atoms with Gasteiger partial charge in [0.05, 0.1) is 6.04 Å². The molecule has 1 unspecified atom stereocenters. The highest BCUT2D eigenvalue weighted by molar-refractivity contribution is 9.10. The fourth-order valence-corrected chi connectivity index (χ4v) is 2.06. The van der Waals surface area contributed by atoms with Gasteiger partial charge in [0.1, 0.15) is 5.82 Å². The Kier molecular flexibility index (Phi) is 3.54. The minimum atomic E-state index is -0.500. The summed E-state index contributed by atoms with van der Waals surface area (Å²) in [6.07, 6.45) is 3.41. The number of hydrogen-bond donors (Lipinski definition) is 1. The van der Waals surface area contributed by atoms with Crippen molar-refractivity contribution in [3.05, 3.63) is 63.6 Å². The van der Waals surface area contributed by atoms with Crippen molar-refractivity contribution >= 4 is 15.9 Å². The molecular weight excluding hydrogens is 283 g/mol. The Labute approximate surface area is 108 Å². The summed E-state index contributed by atoms with van der Waals surface area (Å²) in [6.45, 7) is 1.93. The second-order valence-corrected chi connectivity index (χ2v) is 4.85. The number of aryl methyl sites for hydroxylation is 1. The quantitative estimate of drug-likeness (QED) is 0.923. The number of aromatic nitrogens is 1. The molecule has 17 heavy (non-hydrogen) atoms. The molecule has 1 aromatic carbocycles. The second kappa shape index (κ2) is 4.94. The van der Waals surface area contributed by atoms with Gasteiger partial charge in [0.15, 0.2) is 0 Å². The molecule has 4 heteroatoms. The van der Waals surface area contributed by atoms with Crippen LogP contribution in [-0.2, 0) is 0 Å². The van der Waals surface area contributed by atoms with Crippen molar-refractivity contribution in [1.29, 1.82) is 0 Å². The van der Waals surface area contributed by atoms with Gasteiger partial charge in [-0.3, -0.25) is 4.98 Å². The van der Waals surface area contributed by atoms with Crippen LogP contribution in [0.1, 0.15) is 22.7 Å². The zero-order valence-corrected chi connectivity index (χ0v) is 10.9. The van der Waals surface area contributed by atoms with Crippen LogP contribution < -0.4 is 5.73 Å². The summed E-state index contributed by atoms with van der Waals surface area (Å²) >= 11 is 3.31. The van der Waals surface area contributed by atoms with Crippen molar-refractivity contribution in [2.24, 2.45) is 5.73 Å². The summed E-state index contributed by atoms with van der Waals surface area (Å²) < 4.78 is 14.5. The Hall–Kier alpha value is -1.26. The monoisotopic (exact) mass is 294 g/mol. The first-order valence-electron chi connectivity index (χ1n) is 5.20. The molecule has 2 nitrogen and oxygen atoms in total. The third kappa shape index (κ3) is 2.70. The predicted molar refractivity (Wildman–Crippen MR) is 69.1 cm³/mol. The highest BCUT2D eigenvalue weighted by Crippen LogP contribution is 2.25. The van der Waals surface area contributed by atoms with Crippen molar-refractivity contribution in [1.82, 2.24) is 4.98 Å². The SMILES string of the molecule is Cc1cncc(C(N)c2cc(Br)ccc2F)c1. The largest absolute Gasteiger partial charge is 0.320 e. The predicted octanol–water partition coefficient (Wildman–Crippen LogP) is 3.34. The minimum absolute atomic E-state index is 0.304. The van der Waals surface area contributed by atoms with Crippen molar-refractivity contribution in [3.8, 4) is 0 Å². The molecule has 0 aliphatic carbocycles. The Bertz CT molecular complexity index is 543. The van der Waals surface area contributed by atoms with E-state index in [0.717, 1.165) is 15.6 Å². The zero-order chi connectivity index (χ0) is 12.4. The molecule has 2 aromatic rings. The van der Waals surface area contributed by atoms with Gasteiger partial charge in [-0.25, -0.2) is 4.39 Å². The maximum absolute atomic E-state index is 13.7. The lowest BCUT2D eigenvalue weighted by atomic mass is 10.00. The van der Waals surface area contributed by atoms with Gasteiger partial charge in [-0.1, -0.05) is 22.0 Å². The van der Waals surface area contributed by atoms with Gasteiger partial charge < -0.3 is 5.73 Å². The first-order valence-corrected chi connectivity index (χ1v) is 5.99. The number of hydrogen-bond acceptors (Lipinski definition) is 2. The van der Waals surface area contributed by atoms with Gasteiger partial charge >= 0.3 is 0 Å². The standard InChI is InChI=1S/C13H12BrFN2/c1-8-4-9(7-17-6-8)13(16)11-5-10(14)2-3-12(11)15/h2-7,13H,16H2,1H3. The van der Waals surface area contributed by atoms with Crippen LogP contribution in [0.4, 0.5) is 4.39 Å². The summed E-state index contributed by atoms with van der Waals surface area (Å²) in [5.74, 6) is -0.304. The lowest BCUT2D eigenvalue weighted by molar-refractivity contribution is 0.599. The lowest BCUT2D eigenvalue weighted by Gasteiger charge is -2.14. The van der Waals surface area contributed by atoms with Crippen molar-refractivity contribution in [2.45, 2.75) is 13.0 Å². The maximum Gasteiger partial charge on any atom is 0.128 e. The maximum atomic E-state index is 13.7. The summed E-state index contributed by atoms with van der Waals surface area (Å²) in [6, 6.07) is 6.17. The van der Waals surface area contributed by atoms with Crippen LogP contribution in [0.5, 0.6) is 0 Å². The first kappa shape index (κ1) is 12.2. The van der Waals surface area contributed by atoms with E-state index in [1.807, 2.05) is 13.0 Å². The zero-order valence-electron chi connectivity index (χ0n) is 9.32. The van der Waals surface area contributed by atoms with Crippen LogP contribution >= 0.6 is 15.9 Å². The number of nitrogens with two attached hydrogens (primary N) is 1. The van der Waals surface area contributed by atoms with Gasteiger partial charge in [0, 0.05) is 22.4 Å².